The van der Waals surface area contributed by atoms with Crippen LogP contribution in [0.25, 0.3) is 5.69 Å². The summed E-state index contributed by atoms with van der Waals surface area (Å²) in [6.45, 7) is 2.18. The maximum atomic E-state index is 12.6. The molecule has 0 aliphatic heterocycles. The third-order valence-corrected chi connectivity index (χ3v) is 5.80. The third kappa shape index (κ3) is 2.80. The minimum atomic E-state index is 0.0503. The number of hydrogen-bond donors (Lipinski definition) is 1. The van der Waals surface area contributed by atoms with Gasteiger partial charge in [-0.05, 0) is 74.3 Å². The Morgan fingerprint density at radius 1 is 1.17 bits per heavy atom. The molecule has 0 unspecified atom stereocenters. The van der Waals surface area contributed by atoms with E-state index in [0.717, 1.165) is 23.1 Å². The molecule has 2 aliphatic carbocycles. The molecule has 23 heavy (non-hydrogen) atoms. The van der Waals surface area contributed by atoms with Crippen molar-refractivity contribution in [2.24, 2.45) is 17.8 Å². The van der Waals surface area contributed by atoms with Crippen LogP contribution in [-0.4, -0.2) is 16.5 Å². The van der Waals surface area contributed by atoms with Crippen molar-refractivity contribution in [3.05, 3.63) is 54.4 Å². The first-order chi connectivity index (χ1) is 11.2. The fourth-order valence-corrected chi connectivity index (χ4v) is 4.62. The molecular weight excluding hydrogens is 284 g/mol. The van der Waals surface area contributed by atoms with Gasteiger partial charge in [-0.25, -0.2) is 0 Å². The summed E-state index contributed by atoms with van der Waals surface area (Å²) < 4.78 is 2.02. The highest BCUT2D eigenvalue weighted by atomic mass is 16.1. The van der Waals surface area contributed by atoms with Gasteiger partial charge in [-0.15, -0.1) is 0 Å². The summed E-state index contributed by atoms with van der Waals surface area (Å²) in [4.78, 5) is 12.6. The topological polar surface area (TPSA) is 34.0 Å². The molecule has 0 saturated heterocycles. The van der Waals surface area contributed by atoms with Crippen LogP contribution >= 0.6 is 0 Å². The molecule has 1 aromatic carbocycles. The standard InChI is InChI=1S/C20H24N2O/c1-14(19-12-15-7-8-16(19)11-15)21-20(23)17-5-4-6-18(13-17)22-9-2-3-10-22/h2-6,9-10,13-16,19H,7-8,11-12H2,1H3,(H,21,23)/t14-,15-,16-,19+/m0/s1. The van der Waals surface area contributed by atoms with Crippen LogP contribution in [0, 0.1) is 17.8 Å². The van der Waals surface area contributed by atoms with Gasteiger partial charge in [0, 0.05) is 29.7 Å². The summed E-state index contributed by atoms with van der Waals surface area (Å²) in [6.07, 6.45) is 9.44. The predicted molar refractivity (Wildman–Crippen MR) is 91.6 cm³/mol. The average Bonchev–Trinajstić information content (AvgIpc) is 3.32. The molecule has 1 aromatic heterocycles. The number of carbonyl (C=O) groups is 1. The molecule has 120 valence electrons. The van der Waals surface area contributed by atoms with Gasteiger partial charge in [-0.3, -0.25) is 4.79 Å². The zero-order valence-electron chi connectivity index (χ0n) is 13.6. The summed E-state index contributed by atoms with van der Waals surface area (Å²) in [6, 6.07) is 12.1. The Morgan fingerprint density at radius 2 is 2.00 bits per heavy atom. The number of aromatic nitrogens is 1. The normalized spacial score (nSPS) is 27.1. The van der Waals surface area contributed by atoms with Crippen molar-refractivity contribution in [1.29, 1.82) is 0 Å². The van der Waals surface area contributed by atoms with Crippen molar-refractivity contribution in [2.45, 2.75) is 38.6 Å². The SMILES string of the molecule is C[C@H](NC(=O)c1cccc(-n2cccc2)c1)[C@H]1C[C@H]2CC[C@H]1C2. The van der Waals surface area contributed by atoms with Crippen LogP contribution in [0.2, 0.25) is 0 Å². The first kappa shape index (κ1) is 14.6. The van der Waals surface area contributed by atoms with Crippen LogP contribution in [0.4, 0.5) is 0 Å². The molecule has 2 bridgehead atoms. The fourth-order valence-electron chi connectivity index (χ4n) is 4.62. The highest BCUT2D eigenvalue weighted by Crippen LogP contribution is 2.49. The lowest BCUT2D eigenvalue weighted by molar-refractivity contribution is 0.0915. The van der Waals surface area contributed by atoms with Gasteiger partial charge in [-0.2, -0.15) is 0 Å². The molecule has 4 atom stereocenters. The lowest BCUT2D eigenvalue weighted by Crippen LogP contribution is -2.40. The highest BCUT2D eigenvalue weighted by Gasteiger charge is 2.42. The number of nitrogens with zero attached hydrogens (tertiary/aromatic N) is 1. The second kappa shape index (κ2) is 5.88. The number of carbonyl (C=O) groups excluding carboxylic acids is 1. The lowest BCUT2D eigenvalue weighted by atomic mass is 9.84. The maximum Gasteiger partial charge on any atom is 0.251 e. The molecule has 1 amide bonds. The van der Waals surface area contributed by atoms with Crippen molar-refractivity contribution in [3.63, 3.8) is 0 Å². The third-order valence-electron chi connectivity index (χ3n) is 5.80. The van der Waals surface area contributed by atoms with E-state index in [0.29, 0.717) is 5.92 Å². The smallest absolute Gasteiger partial charge is 0.251 e. The van der Waals surface area contributed by atoms with E-state index in [2.05, 4.69) is 12.2 Å². The molecule has 3 heteroatoms. The van der Waals surface area contributed by atoms with Gasteiger partial charge in [-0.1, -0.05) is 12.5 Å². The van der Waals surface area contributed by atoms with Gasteiger partial charge in [0.1, 0.15) is 0 Å². The Kier molecular flexibility index (Phi) is 3.72. The van der Waals surface area contributed by atoms with Gasteiger partial charge >= 0.3 is 0 Å². The first-order valence-electron chi connectivity index (χ1n) is 8.75. The van der Waals surface area contributed by atoms with E-state index in [1.165, 1.54) is 25.7 Å². The maximum absolute atomic E-state index is 12.6. The molecule has 2 aromatic rings. The van der Waals surface area contributed by atoms with Crippen LogP contribution in [0.1, 0.15) is 43.0 Å². The first-order valence-corrected chi connectivity index (χ1v) is 8.75. The summed E-state index contributed by atoms with van der Waals surface area (Å²) in [7, 11) is 0. The lowest BCUT2D eigenvalue weighted by Gasteiger charge is -2.28. The van der Waals surface area contributed by atoms with Crippen LogP contribution in [0.15, 0.2) is 48.8 Å². The van der Waals surface area contributed by atoms with Crippen LogP contribution in [0.3, 0.4) is 0 Å². The van der Waals surface area contributed by atoms with E-state index in [4.69, 9.17) is 0 Å². The van der Waals surface area contributed by atoms with Crippen molar-refractivity contribution in [1.82, 2.24) is 9.88 Å². The van der Waals surface area contributed by atoms with Gasteiger partial charge < -0.3 is 9.88 Å². The number of benzene rings is 1. The van der Waals surface area contributed by atoms with E-state index < -0.39 is 0 Å². The molecule has 1 heterocycles. The number of nitrogens with one attached hydrogen (secondary N) is 1. The summed E-state index contributed by atoms with van der Waals surface area (Å²) in [5, 5.41) is 3.25. The van der Waals surface area contributed by atoms with E-state index in [9.17, 15) is 4.79 Å². The van der Waals surface area contributed by atoms with Crippen molar-refractivity contribution < 1.29 is 4.79 Å². The van der Waals surface area contributed by atoms with Gasteiger partial charge in [0.15, 0.2) is 0 Å². The molecular formula is C20H24N2O. The van der Waals surface area contributed by atoms with Gasteiger partial charge in [0.2, 0.25) is 0 Å². The zero-order valence-corrected chi connectivity index (χ0v) is 13.6. The minimum absolute atomic E-state index is 0.0503. The molecule has 1 N–H and O–H groups in total. The second-order valence-electron chi connectivity index (χ2n) is 7.24. The molecule has 2 fully saturated rings. The average molecular weight is 308 g/mol. The van der Waals surface area contributed by atoms with Crippen LogP contribution < -0.4 is 5.32 Å². The van der Waals surface area contributed by atoms with Crippen LogP contribution in [0.5, 0.6) is 0 Å². The summed E-state index contributed by atoms with van der Waals surface area (Å²) >= 11 is 0. The van der Waals surface area contributed by atoms with E-state index in [1.54, 1.807) is 0 Å². The Labute approximate surface area is 137 Å². The predicted octanol–water partition coefficient (Wildman–Crippen LogP) is 4.03. The number of amides is 1. The summed E-state index contributed by atoms with van der Waals surface area (Å²) in [5.74, 6) is 2.47. The molecule has 0 radical (unpaired) electrons. The molecule has 0 spiro atoms. The van der Waals surface area contributed by atoms with E-state index in [-0.39, 0.29) is 11.9 Å². The number of rotatable bonds is 4. The van der Waals surface area contributed by atoms with Crippen LogP contribution in [-0.2, 0) is 0 Å². The molecule has 4 rings (SSSR count). The molecule has 2 aliphatic rings. The number of fused-ring (bicyclic) bond motifs is 2. The quantitative estimate of drug-likeness (QED) is 0.909. The fraction of sp³-hybridized carbons (Fsp3) is 0.450. The van der Waals surface area contributed by atoms with Gasteiger partial charge in [0.05, 0.1) is 0 Å². The Hall–Kier alpha value is -2.03. The van der Waals surface area contributed by atoms with Crippen molar-refractivity contribution in [2.75, 3.05) is 0 Å². The summed E-state index contributed by atoms with van der Waals surface area (Å²) in [5.41, 5.74) is 1.77. The Bertz CT molecular complexity index is 691. The monoisotopic (exact) mass is 308 g/mol. The van der Waals surface area contributed by atoms with Crippen molar-refractivity contribution in [3.8, 4) is 5.69 Å². The highest BCUT2D eigenvalue weighted by molar-refractivity contribution is 5.94. The Balaban J connectivity index is 1.46. The Morgan fingerprint density at radius 3 is 2.70 bits per heavy atom. The van der Waals surface area contributed by atoms with E-state index in [1.807, 2.05) is 53.4 Å². The minimum Gasteiger partial charge on any atom is -0.349 e. The van der Waals surface area contributed by atoms with Gasteiger partial charge in [0.25, 0.3) is 5.91 Å². The van der Waals surface area contributed by atoms with E-state index >= 15 is 0 Å². The number of hydrogen-bond acceptors (Lipinski definition) is 1. The molecule has 2 saturated carbocycles. The van der Waals surface area contributed by atoms with Crippen molar-refractivity contribution >= 4 is 5.91 Å². The molecule has 3 nitrogen and oxygen atoms in total. The zero-order chi connectivity index (χ0) is 15.8. The second-order valence-corrected chi connectivity index (χ2v) is 7.24. The largest absolute Gasteiger partial charge is 0.349 e.